The Hall–Kier alpha value is -2.89. The average Bonchev–Trinajstić information content (AvgIpc) is 3.40. The van der Waals surface area contributed by atoms with Gasteiger partial charge >= 0.3 is 0 Å². The van der Waals surface area contributed by atoms with Crippen molar-refractivity contribution in [3.05, 3.63) is 54.0 Å². The van der Waals surface area contributed by atoms with Crippen molar-refractivity contribution in [3.8, 4) is 11.7 Å². The summed E-state index contributed by atoms with van der Waals surface area (Å²) in [7, 11) is 0. The number of rotatable bonds is 6. The van der Waals surface area contributed by atoms with E-state index >= 15 is 0 Å². The minimum atomic E-state index is -0.0743. The second-order valence-electron chi connectivity index (χ2n) is 6.61. The number of carbonyl (C=O) groups excluding carboxylic acids is 1. The molecule has 3 aromatic rings. The number of carbonyl (C=O) groups is 1. The van der Waals surface area contributed by atoms with Gasteiger partial charge in [-0.05, 0) is 42.7 Å². The number of furan rings is 1. The number of nitrogens with zero attached hydrogens (tertiary/aromatic N) is 3. The molecule has 26 heavy (non-hydrogen) atoms. The SMILES string of the molecule is CCCCc1ccc(N2CC(c3noc(-c4ccco4)n3)CC2=O)cc1. The summed E-state index contributed by atoms with van der Waals surface area (Å²) in [5.41, 5.74) is 2.23. The van der Waals surface area contributed by atoms with Gasteiger partial charge in [-0.1, -0.05) is 30.6 Å². The van der Waals surface area contributed by atoms with E-state index in [2.05, 4.69) is 29.2 Å². The van der Waals surface area contributed by atoms with Crippen molar-refractivity contribution in [2.45, 2.75) is 38.5 Å². The lowest BCUT2D eigenvalue weighted by Gasteiger charge is -2.16. The maximum absolute atomic E-state index is 12.5. The lowest BCUT2D eigenvalue weighted by atomic mass is 10.1. The standard InChI is InChI=1S/C20H21N3O3/c1-2-3-5-14-7-9-16(10-8-14)23-13-15(12-18(23)24)19-21-20(26-22-19)17-6-4-11-25-17/h4,6-11,15H,2-3,5,12-13H2,1H3. The molecule has 3 heterocycles. The molecular formula is C20H21N3O3. The van der Waals surface area contributed by atoms with Crippen LogP contribution in [0.2, 0.25) is 0 Å². The summed E-state index contributed by atoms with van der Waals surface area (Å²) in [5.74, 6) is 1.44. The summed E-state index contributed by atoms with van der Waals surface area (Å²) in [6.07, 6.45) is 5.38. The molecule has 1 amide bonds. The number of aryl methyl sites for hydroxylation is 1. The number of unbranched alkanes of at least 4 members (excludes halogenated alkanes) is 1. The van der Waals surface area contributed by atoms with Crippen LogP contribution in [-0.4, -0.2) is 22.6 Å². The first-order valence-electron chi connectivity index (χ1n) is 9.01. The van der Waals surface area contributed by atoms with Crippen molar-refractivity contribution in [1.29, 1.82) is 0 Å². The van der Waals surface area contributed by atoms with Gasteiger partial charge in [0, 0.05) is 24.6 Å². The fraction of sp³-hybridized carbons (Fsp3) is 0.350. The monoisotopic (exact) mass is 351 g/mol. The van der Waals surface area contributed by atoms with Crippen LogP contribution in [0.25, 0.3) is 11.7 Å². The third-order valence-electron chi connectivity index (χ3n) is 4.73. The van der Waals surface area contributed by atoms with Gasteiger partial charge in [-0.15, -0.1) is 0 Å². The molecule has 0 spiro atoms. The molecule has 1 saturated heterocycles. The second-order valence-corrected chi connectivity index (χ2v) is 6.61. The van der Waals surface area contributed by atoms with Gasteiger partial charge in [0.15, 0.2) is 11.6 Å². The van der Waals surface area contributed by atoms with E-state index in [1.807, 2.05) is 12.1 Å². The number of amides is 1. The van der Waals surface area contributed by atoms with Crippen molar-refractivity contribution in [2.24, 2.45) is 0 Å². The third-order valence-corrected chi connectivity index (χ3v) is 4.73. The van der Waals surface area contributed by atoms with Crippen molar-refractivity contribution in [2.75, 3.05) is 11.4 Å². The molecule has 0 aliphatic carbocycles. The molecule has 0 bridgehead atoms. The molecule has 1 aromatic carbocycles. The lowest BCUT2D eigenvalue weighted by molar-refractivity contribution is -0.117. The van der Waals surface area contributed by atoms with Gasteiger partial charge in [-0.25, -0.2) is 0 Å². The number of aromatic nitrogens is 2. The van der Waals surface area contributed by atoms with Gasteiger partial charge in [0.25, 0.3) is 5.89 Å². The Kier molecular flexibility index (Phi) is 4.56. The number of hydrogen-bond acceptors (Lipinski definition) is 5. The zero-order valence-electron chi connectivity index (χ0n) is 14.7. The summed E-state index contributed by atoms with van der Waals surface area (Å²) >= 11 is 0. The molecule has 1 aliphatic rings. The van der Waals surface area contributed by atoms with E-state index in [1.54, 1.807) is 23.3 Å². The number of hydrogen-bond donors (Lipinski definition) is 0. The first kappa shape index (κ1) is 16.6. The van der Waals surface area contributed by atoms with E-state index < -0.39 is 0 Å². The highest BCUT2D eigenvalue weighted by atomic mass is 16.5. The molecule has 0 N–H and O–H groups in total. The fourth-order valence-corrected chi connectivity index (χ4v) is 3.25. The maximum Gasteiger partial charge on any atom is 0.293 e. The predicted molar refractivity (Wildman–Crippen MR) is 96.8 cm³/mol. The molecule has 134 valence electrons. The number of benzene rings is 1. The highest BCUT2D eigenvalue weighted by Gasteiger charge is 2.34. The minimum Gasteiger partial charge on any atom is -0.459 e. The molecular weight excluding hydrogens is 330 g/mol. The smallest absolute Gasteiger partial charge is 0.293 e. The van der Waals surface area contributed by atoms with Crippen LogP contribution in [0.4, 0.5) is 5.69 Å². The van der Waals surface area contributed by atoms with Crippen LogP contribution in [0, 0.1) is 0 Å². The van der Waals surface area contributed by atoms with Crippen LogP contribution in [0.3, 0.4) is 0 Å². The number of anilines is 1. The molecule has 1 atom stereocenters. The summed E-state index contributed by atoms with van der Waals surface area (Å²) < 4.78 is 10.5. The Morgan fingerprint density at radius 1 is 1.23 bits per heavy atom. The topological polar surface area (TPSA) is 72.4 Å². The molecule has 0 saturated carbocycles. The van der Waals surface area contributed by atoms with E-state index in [0.717, 1.165) is 12.1 Å². The van der Waals surface area contributed by atoms with Gasteiger partial charge in [0.2, 0.25) is 5.91 Å². The molecule has 4 rings (SSSR count). The second kappa shape index (κ2) is 7.15. The lowest BCUT2D eigenvalue weighted by Crippen LogP contribution is -2.24. The fourth-order valence-electron chi connectivity index (χ4n) is 3.25. The zero-order valence-corrected chi connectivity index (χ0v) is 14.7. The quantitative estimate of drug-likeness (QED) is 0.666. The summed E-state index contributed by atoms with van der Waals surface area (Å²) in [6, 6.07) is 11.8. The van der Waals surface area contributed by atoms with E-state index in [1.165, 1.54) is 18.4 Å². The highest BCUT2D eigenvalue weighted by Crippen LogP contribution is 2.31. The Morgan fingerprint density at radius 2 is 2.08 bits per heavy atom. The molecule has 2 aromatic heterocycles. The van der Waals surface area contributed by atoms with Crippen molar-refractivity contribution in [1.82, 2.24) is 10.1 Å². The Labute approximate surface area is 151 Å². The molecule has 6 nitrogen and oxygen atoms in total. The third kappa shape index (κ3) is 3.27. The first-order valence-corrected chi connectivity index (χ1v) is 9.01. The Morgan fingerprint density at radius 3 is 2.81 bits per heavy atom. The van der Waals surface area contributed by atoms with Gasteiger partial charge in [-0.2, -0.15) is 4.98 Å². The first-order chi connectivity index (χ1) is 12.7. The van der Waals surface area contributed by atoms with E-state index in [-0.39, 0.29) is 11.8 Å². The Bertz CT molecular complexity index is 868. The van der Waals surface area contributed by atoms with Crippen LogP contribution in [0.1, 0.15) is 43.5 Å². The van der Waals surface area contributed by atoms with Gasteiger partial charge < -0.3 is 13.8 Å². The van der Waals surface area contributed by atoms with Crippen molar-refractivity contribution in [3.63, 3.8) is 0 Å². The Balaban J connectivity index is 1.47. The largest absolute Gasteiger partial charge is 0.459 e. The normalized spacial score (nSPS) is 17.2. The van der Waals surface area contributed by atoms with Crippen LogP contribution < -0.4 is 4.90 Å². The van der Waals surface area contributed by atoms with Crippen LogP contribution in [0.5, 0.6) is 0 Å². The summed E-state index contributed by atoms with van der Waals surface area (Å²) in [6.45, 7) is 2.75. The minimum absolute atomic E-state index is 0.0743. The van der Waals surface area contributed by atoms with E-state index in [9.17, 15) is 4.79 Å². The predicted octanol–water partition coefficient (Wildman–Crippen LogP) is 4.19. The van der Waals surface area contributed by atoms with Crippen molar-refractivity contribution < 1.29 is 13.7 Å². The summed E-state index contributed by atoms with van der Waals surface area (Å²) in [5, 5.41) is 4.04. The molecule has 1 unspecified atom stereocenters. The molecule has 1 aliphatic heterocycles. The van der Waals surface area contributed by atoms with Gasteiger partial charge in [0.05, 0.1) is 6.26 Å². The van der Waals surface area contributed by atoms with Crippen LogP contribution in [0.15, 0.2) is 51.6 Å². The van der Waals surface area contributed by atoms with E-state index in [4.69, 9.17) is 8.94 Å². The van der Waals surface area contributed by atoms with Gasteiger partial charge in [-0.3, -0.25) is 4.79 Å². The summed E-state index contributed by atoms with van der Waals surface area (Å²) in [4.78, 5) is 18.7. The van der Waals surface area contributed by atoms with Crippen LogP contribution >= 0.6 is 0 Å². The molecule has 6 heteroatoms. The molecule has 1 fully saturated rings. The van der Waals surface area contributed by atoms with E-state index in [0.29, 0.717) is 30.4 Å². The zero-order chi connectivity index (χ0) is 17.9. The van der Waals surface area contributed by atoms with Crippen molar-refractivity contribution >= 4 is 11.6 Å². The van der Waals surface area contributed by atoms with Crippen LogP contribution in [-0.2, 0) is 11.2 Å². The highest BCUT2D eigenvalue weighted by molar-refractivity contribution is 5.96. The average molecular weight is 351 g/mol. The maximum atomic E-state index is 12.5. The van der Waals surface area contributed by atoms with Gasteiger partial charge in [0.1, 0.15) is 0 Å². The molecule has 0 radical (unpaired) electrons.